The van der Waals surface area contributed by atoms with Gasteiger partial charge < -0.3 is 4.57 Å². The smallest absolute Gasteiger partial charge is 0.259 e. The number of hydrazine groups is 1. The van der Waals surface area contributed by atoms with Gasteiger partial charge in [0.15, 0.2) is 0 Å². The fourth-order valence-corrected chi connectivity index (χ4v) is 4.17. The summed E-state index contributed by atoms with van der Waals surface area (Å²) < 4.78 is 26.1. The van der Waals surface area contributed by atoms with Crippen molar-refractivity contribution in [2.45, 2.75) is 25.3 Å². The Labute approximate surface area is 154 Å². The van der Waals surface area contributed by atoms with Crippen LogP contribution in [0.5, 0.6) is 0 Å². The molecule has 0 aliphatic carbocycles. The Bertz CT molecular complexity index is 961. The van der Waals surface area contributed by atoms with Gasteiger partial charge in [-0.3, -0.25) is 15.0 Å². The van der Waals surface area contributed by atoms with Gasteiger partial charge >= 0.3 is 0 Å². The lowest BCUT2D eigenvalue weighted by Crippen LogP contribution is -2.44. The first kappa shape index (κ1) is 19.5. The molecule has 0 saturated heterocycles. The predicted molar refractivity (Wildman–Crippen MR) is 95.1 cm³/mol. The van der Waals surface area contributed by atoms with Gasteiger partial charge in [0.25, 0.3) is 21.5 Å². The van der Waals surface area contributed by atoms with Crippen molar-refractivity contribution in [1.29, 1.82) is 0 Å². The third kappa shape index (κ3) is 4.40. The van der Waals surface area contributed by atoms with E-state index in [1.54, 1.807) is 19.1 Å². The van der Waals surface area contributed by atoms with Crippen LogP contribution in [0.4, 0.5) is 0 Å². The Morgan fingerprint density at radius 1 is 1.24 bits per heavy atom. The summed E-state index contributed by atoms with van der Waals surface area (Å²) in [7, 11) is -4.15. The zero-order valence-electron chi connectivity index (χ0n) is 13.3. The van der Waals surface area contributed by atoms with Crippen LogP contribution in [0.2, 0.25) is 10.0 Å². The number of nitrogens with zero attached hydrogens (tertiary/aromatic N) is 1. The number of aryl methyl sites for hydroxylation is 1. The second kappa shape index (κ2) is 7.57. The zero-order chi connectivity index (χ0) is 18.8. The van der Waals surface area contributed by atoms with Crippen LogP contribution in [0.25, 0.3) is 0 Å². The first-order valence-corrected chi connectivity index (χ1v) is 9.28. The van der Waals surface area contributed by atoms with E-state index >= 15 is 0 Å². The van der Waals surface area contributed by atoms with Crippen LogP contribution in [-0.4, -0.2) is 18.9 Å². The van der Waals surface area contributed by atoms with Crippen LogP contribution in [0.3, 0.4) is 0 Å². The van der Waals surface area contributed by atoms with Crippen LogP contribution >= 0.6 is 23.2 Å². The minimum atomic E-state index is -4.15. The quantitative estimate of drug-likeness (QED) is 0.743. The maximum atomic E-state index is 12.5. The zero-order valence-corrected chi connectivity index (χ0v) is 15.7. The normalized spacial score (nSPS) is 11.4. The molecule has 2 rings (SSSR count). The molecule has 1 aromatic heterocycles. The van der Waals surface area contributed by atoms with Crippen LogP contribution in [0.1, 0.15) is 11.1 Å². The Balaban J connectivity index is 2.19. The SMILES string of the molecule is Cc1cc(Cl)c(C)c(S(=O)(=O)NNC(=O)Cn2ccccc2=O)c1Cl. The lowest BCUT2D eigenvalue weighted by atomic mass is 10.2. The molecule has 134 valence electrons. The van der Waals surface area contributed by atoms with Crippen molar-refractivity contribution >= 4 is 39.1 Å². The minimum absolute atomic E-state index is 0.0166. The molecule has 0 fully saturated rings. The van der Waals surface area contributed by atoms with Crippen molar-refractivity contribution in [3.8, 4) is 0 Å². The maximum absolute atomic E-state index is 12.5. The summed E-state index contributed by atoms with van der Waals surface area (Å²) in [5, 5.41) is 0.257. The van der Waals surface area contributed by atoms with Gasteiger partial charge in [-0.15, -0.1) is 4.83 Å². The van der Waals surface area contributed by atoms with E-state index in [1.165, 1.54) is 25.3 Å². The van der Waals surface area contributed by atoms with E-state index in [2.05, 4.69) is 5.43 Å². The van der Waals surface area contributed by atoms with E-state index < -0.39 is 15.9 Å². The third-order valence-electron chi connectivity index (χ3n) is 3.39. The molecular weight excluding hydrogens is 389 g/mol. The van der Waals surface area contributed by atoms with Crippen molar-refractivity contribution in [1.82, 2.24) is 14.8 Å². The molecule has 1 heterocycles. The van der Waals surface area contributed by atoms with E-state index in [-0.39, 0.29) is 32.6 Å². The first-order valence-electron chi connectivity index (χ1n) is 7.05. The number of amides is 1. The maximum Gasteiger partial charge on any atom is 0.259 e. The lowest BCUT2D eigenvalue weighted by molar-refractivity contribution is -0.122. The fraction of sp³-hybridized carbons (Fsp3) is 0.200. The highest BCUT2D eigenvalue weighted by molar-refractivity contribution is 7.89. The molecule has 1 amide bonds. The molecule has 2 aromatic rings. The van der Waals surface area contributed by atoms with E-state index in [0.717, 1.165) is 4.57 Å². The molecule has 1 aromatic carbocycles. The second-order valence-electron chi connectivity index (χ2n) is 5.26. The first-order chi connectivity index (χ1) is 11.6. The van der Waals surface area contributed by atoms with Crippen LogP contribution in [0, 0.1) is 13.8 Å². The number of hydrogen-bond donors (Lipinski definition) is 2. The number of nitrogens with one attached hydrogen (secondary N) is 2. The molecule has 0 radical (unpaired) electrons. The molecule has 0 unspecified atom stereocenters. The molecule has 10 heteroatoms. The van der Waals surface area contributed by atoms with Gasteiger partial charge in [-0.25, -0.2) is 8.42 Å². The number of halogens is 2. The number of carbonyl (C=O) groups excluding carboxylic acids is 1. The van der Waals surface area contributed by atoms with Gasteiger partial charge in [0.1, 0.15) is 11.4 Å². The van der Waals surface area contributed by atoms with Gasteiger partial charge in [0.05, 0.1) is 5.02 Å². The lowest BCUT2D eigenvalue weighted by Gasteiger charge is -2.14. The highest BCUT2D eigenvalue weighted by Crippen LogP contribution is 2.32. The predicted octanol–water partition coefficient (Wildman–Crippen LogP) is 1.78. The summed E-state index contributed by atoms with van der Waals surface area (Å²) >= 11 is 12.1. The summed E-state index contributed by atoms with van der Waals surface area (Å²) in [6, 6.07) is 5.95. The van der Waals surface area contributed by atoms with Crippen molar-refractivity contribution in [2.75, 3.05) is 0 Å². The summed E-state index contributed by atoms with van der Waals surface area (Å²) in [5.74, 6) is -0.718. The summed E-state index contributed by atoms with van der Waals surface area (Å²) in [4.78, 5) is 25.2. The Morgan fingerprint density at radius 3 is 2.56 bits per heavy atom. The van der Waals surface area contributed by atoms with Gasteiger partial charge in [-0.05, 0) is 37.1 Å². The van der Waals surface area contributed by atoms with Crippen LogP contribution in [0.15, 0.2) is 40.2 Å². The standard InChI is InChI=1S/C15H15Cl2N3O4S/c1-9-7-11(16)10(2)15(14(9)17)25(23,24)19-18-12(21)8-20-6-4-3-5-13(20)22/h3-7,19H,8H2,1-2H3,(H,18,21). The van der Waals surface area contributed by atoms with E-state index in [4.69, 9.17) is 23.2 Å². The topological polar surface area (TPSA) is 97.3 Å². The van der Waals surface area contributed by atoms with Crippen molar-refractivity contribution in [3.63, 3.8) is 0 Å². The summed E-state index contributed by atoms with van der Waals surface area (Å²) in [6.45, 7) is 2.78. The average Bonchev–Trinajstić information content (AvgIpc) is 2.53. The number of carbonyl (C=O) groups is 1. The molecule has 0 bridgehead atoms. The number of aromatic nitrogens is 1. The summed E-state index contributed by atoms with van der Waals surface area (Å²) in [6.07, 6.45) is 1.41. The molecule has 0 aliphatic rings. The van der Waals surface area contributed by atoms with E-state index in [9.17, 15) is 18.0 Å². The number of rotatable bonds is 5. The van der Waals surface area contributed by atoms with Crippen molar-refractivity contribution < 1.29 is 13.2 Å². The fourth-order valence-electron chi connectivity index (χ4n) is 2.09. The molecule has 0 aliphatic heterocycles. The monoisotopic (exact) mass is 403 g/mol. The summed E-state index contributed by atoms with van der Waals surface area (Å²) in [5.41, 5.74) is 2.42. The molecule has 7 nitrogen and oxygen atoms in total. The van der Waals surface area contributed by atoms with Gasteiger partial charge in [0, 0.05) is 17.3 Å². The largest absolute Gasteiger partial charge is 0.306 e. The van der Waals surface area contributed by atoms with Crippen LogP contribution in [-0.2, 0) is 21.4 Å². The average molecular weight is 404 g/mol. The minimum Gasteiger partial charge on any atom is -0.306 e. The molecule has 0 spiro atoms. The molecule has 0 atom stereocenters. The molecule has 25 heavy (non-hydrogen) atoms. The van der Waals surface area contributed by atoms with E-state index in [0.29, 0.717) is 5.56 Å². The second-order valence-corrected chi connectivity index (χ2v) is 7.67. The highest BCUT2D eigenvalue weighted by Gasteiger charge is 2.24. The molecular formula is C15H15Cl2N3O4S. The van der Waals surface area contributed by atoms with Crippen molar-refractivity contribution in [3.05, 3.63) is 62.0 Å². The third-order valence-corrected chi connectivity index (χ3v) is 5.80. The number of benzene rings is 1. The van der Waals surface area contributed by atoms with Gasteiger partial charge in [-0.2, -0.15) is 0 Å². The number of pyridine rings is 1. The Morgan fingerprint density at radius 2 is 1.92 bits per heavy atom. The molecule has 2 N–H and O–H groups in total. The van der Waals surface area contributed by atoms with E-state index in [1.807, 2.05) is 4.83 Å². The Hall–Kier alpha value is -1.87. The van der Waals surface area contributed by atoms with Crippen molar-refractivity contribution in [2.24, 2.45) is 0 Å². The number of hydrogen-bond acceptors (Lipinski definition) is 4. The number of sulfonamides is 1. The van der Waals surface area contributed by atoms with Gasteiger partial charge in [0.2, 0.25) is 0 Å². The highest BCUT2D eigenvalue weighted by atomic mass is 35.5. The van der Waals surface area contributed by atoms with Crippen LogP contribution < -0.4 is 15.8 Å². The van der Waals surface area contributed by atoms with Gasteiger partial charge in [-0.1, -0.05) is 29.3 Å². The Kier molecular flexibility index (Phi) is 5.89. The molecule has 0 saturated carbocycles.